The summed E-state index contributed by atoms with van der Waals surface area (Å²) in [6.45, 7) is 7.05. The van der Waals surface area contributed by atoms with Crippen LogP contribution < -0.4 is 19.1 Å². The molecule has 7 heteroatoms. The predicted octanol–water partition coefficient (Wildman–Crippen LogP) is 3.49. The molecule has 0 aliphatic carbocycles. The van der Waals surface area contributed by atoms with E-state index in [9.17, 15) is 8.42 Å². The van der Waals surface area contributed by atoms with Gasteiger partial charge in [0.1, 0.15) is 0 Å². The molecule has 0 unspecified atom stereocenters. The van der Waals surface area contributed by atoms with Crippen molar-refractivity contribution in [1.82, 2.24) is 0 Å². The van der Waals surface area contributed by atoms with Crippen molar-refractivity contribution in [3.05, 3.63) is 42.5 Å². The summed E-state index contributed by atoms with van der Waals surface area (Å²) in [7, 11) is -3.70. The summed E-state index contributed by atoms with van der Waals surface area (Å²) < 4.78 is 39.1. The number of sulfonamides is 1. The number of rotatable bonds is 6. The Bertz CT molecular complexity index is 846. The molecule has 0 atom stereocenters. The van der Waals surface area contributed by atoms with Crippen LogP contribution in [0.15, 0.2) is 47.4 Å². The molecule has 0 fully saturated rings. The first-order valence-corrected chi connectivity index (χ1v) is 10.3. The highest BCUT2D eigenvalue weighted by Crippen LogP contribution is 2.32. The molecule has 140 valence electrons. The zero-order valence-electron chi connectivity index (χ0n) is 15.1. The lowest BCUT2D eigenvalue weighted by atomic mass is 10.2. The number of anilines is 2. The van der Waals surface area contributed by atoms with E-state index in [4.69, 9.17) is 9.47 Å². The maximum absolute atomic E-state index is 12.7. The Morgan fingerprint density at radius 2 is 1.62 bits per heavy atom. The highest BCUT2D eigenvalue weighted by Gasteiger charge is 2.19. The highest BCUT2D eigenvalue weighted by atomic mass is 32.2. The van der Waals surface area contributed by atoms with Gasteiger partial charge in [0.05, 0.1) is 18.1 Å². The van der Waals surface area contributed by atoms with Crippen molar-refractivity contribution in [3.63, 3.8) is 0 Å². The van der Waals surface area contributed by atoms with E-state index in [2.05, 4.69) is 23.5 Å². The third kappa shape index (κ3) is 4.04. The second kappa shape index (κ2) is 7.86. The minimum atomic E-state index is -3.70. The van der Waals surface area contributed by atoms with Gasteiger partial charge < -0.3 is 14.4 Å². The first-order chi connectivity index (χ1) is 12.5. The number of hydrogen-bond acceptors (Lipinski definition) is 5. The van der Waals surface area contributed by atoms with Gasteiger partial charge in [-0.05, 0) is 50.2 Å². The Morgan fingerprint density at radius 1 is 0.962 bits per heavy atom. The molecule has 26 heavy (non-hydrogen) atoms. The molecule has 2 aromatic rings. The predicted molar refractivity (Wildman–Crippen MR) is 103 cm³/mol. The van der Waals surface area contributed by atoms with Crippen molar-refractivity contribution in [3.8, 4) is 11.5 Å². The molecule has 0 bridgehead atoms. The quantitative estimate of drug-likeness (QED) is 0.836. The monoisotopic (exact) mass is 376 g/mol. The molecule has 0 saturated heterocycles. The van der Waals surface area contributed by atoms with Gasteiger partial charge in [0.15, 0.2) is 11.5 Å². The number of ether oxygens (including phenoxy) is 2. The van der Waals surface area contributed by atoms with E-state index < -0.39 is 10.0 Å². The Morgan fingerprint density at radius 3 is 2.27 bits per heavy atom. The van der Waals surface area contributed by atoms with E-state index in [0.717, 1.165) is 25.2 Å². The van der Waals surface area contributed by atoms with Crippen LogP contribution >= 0.6 is 0 Å². The largest absolute Gasteiger partial charge is 0.490 e. The molecular formula is C19H24N2O4S. The summed E-state index contributed by atoms with van der Waals surface area (Å²) in [6.07, 6.45) is 0.772. The lowest BCUT2D eigenvalue weighted by Crippen LogP contribution is -2.21. The average molecular weight is 376 g/mol. The lowest BCUT2D eigenvalue weighted by molar-refractivity contribution is 0.297. The van der Waals surface area contributed by atoms with Gasteiger partial charge in [-0.25, -0.2) is 8.42 Å². The molecule has 2 aromatic carbocycles. The highest BCUT2D eigenvalue weighted by molar-refractivity contribution is 7.92. The minimum absolute atomic E-state index is 0.148. The van der Waals surface area contributed by atoms with Crippen LogP contribution in [0.4, 0.5) is 11.4 Å². The van der Waals surface area contributed by atoms with Gasteiger partial charge in [-0.15, -0.1) is 0 Å². The van der Waals surface area contributed by atoms with Crippen LogP contribution in [-0.2, 0) is 10.0 Å². The zero-order valence-corrected chi connectivity index (χ0v) is 15.9. The topological polar surface area (TPSA) is 67.9 Å². The van der Waals surface area contributed by atoms with Gasteiger partial charge in [0, 0.05) is 37.0 Å². The third-order valence-electron chi connectivity index (χ3n) is 4.28. The van der Waals surface area contributed by atoms with Gasteiger partial charge in [-0.3, -0.25) is 4.72 Å². The fourth-order valence-corrected chi connectivity index (χ4v) is 3.93. The smallest absolute Gasteiger partial charge is 0.262 e. The zero-order chi connectivity index (χ0) is 18.6. The fraction of sp³-hybridized carbons (Fsp3) is 0.368. The number of benzene rings is 2. The third-order valence-corrected chi connectivity index (χ3v) is 5.66. The van der Waals surface area contributed by atoms with E-state index in [1.54, 1.807) is 18.2 Å². The van der Waals surface area contributed by atoms with Crippen LogP contribution in [0.3, 0.4) is 0 Å². The Labute approximate surface area is 154 Å². The van der Waals surface area contributed by atoms with Crippen LogP contribution in [0.5, 0.6) is 11.5 Å². The first-order valence-electron chi connectivity index (χ1n) is 8.81. The Hall–Kier alpha value is -2.41. The SMILES string of the molecule is CCN(CC)c1ccc(NS(=O)(=O)c2ccc3c(c2)OCCCO3)cc1. The van der Waals surface area contributed by atoms with Gasteiger partial charge >= 0.3 is 0 Å². The van der Waals surface area contributed by atoms with E-state index in [1.807, 2.05) is 12.1 Å². The molecule has 0 amide bonds. The van der Waals surface area contributed by atoms with E-state index in [0.29, 0.717) is 30.4 Å². The normalized spacial score (nSPS) is 13.8. The summed E-state index contributed by atoms with van der Waals surface area (Å²) >= 11 is 0. The van der Waals surface area contributed by atoms with Gasteiger partial charge in [-0.2, -0.15) is 0 Å². The van der Waals surface area contributed by atoms with Crippen molar-refractivity contribution >= 4 is 21.4 Å². The molecule has 1 N–H and O–H groups in total. The van der Waals surface area contributed by atoms with Gasteiger partial charge in [-0.1, -0.05) is 0 Å². The Balaban J connectivity index is 1.79. The summed E-state index contributed by atoms with van der Waals surface area (Å²) in [5, 5.41) is 0. The number of hydrogen-bond donors (Lipinski definition) is 1. The van der Waals surface area contributed by atoms with Gasteiger partial charge in [0.25, 0.3) is 10.0 Å². The summed E-state index contributed by atoms with van der Waals surface area (Å²) in [5.41, 5.74) is 1.58. The standard InChI is InChI=1S/C19H24N2O4S/c1-3-21(4-2)16-8-6-15(7-9-16)20-26(22,23)17-10-11-18-19(14-17)25-13-5-12-24-18/h6-11,14,20H,3-5,12-13H2,1-2H3. The summed E-state index contributed by atoms with van der Waals surface area (Å²) in [4.78, 5) is 2.34. The lowest BCUT2D eigenvalue weighted by Gasteiger charge is -2.21. The second-order valence-corrected chi connectivity index (χ2v) is 7.67. The van der Waals surface area contributed by atoms with Crippen molar-refractivity contribution < 1.29 is 17.9 Å². The average Bonchev–Trinajstić information content (AvgIpc) is 2.88. The number of nitrogens with one attached hydrogen (secondary N) is 1. The minimum Gasteiger partial charge on any atom is -0.490 e. The van der Waals surface area contributed by atoms with Crippen LogP contribution in [0, 0.1) is 0 Å². The first kappa shape index (κ1) is 18.4. The number of fused-ring (bicyclic) bond motifs is 1. The fourth-order valence-electron chi connectivity index (χ4n) is 2.85. The molecule has 0 saturated carbocycles. The van der Waals surface area contributed by atoms with Crippen molar-refractivity contribution in [2.45, 2.75) is 25.2 Å². The molecule has 0 radical (unpaired) electrons. The summed E-state index contributed by atoms with van der Waals surface area (Å²) in [5.74, 6) is 1.03. The van der Waals surface area contributed by atoms with E-state index >= 15 is 0 Å². The molecule has 1 heterocycles. The molecule has 0 spiro atoms. The van der Waals surface area contributed by atoms with Crippen LogP contribution in [0.25, 0.3) is 0 Å². The van der Waals surface area contributed by atoms with Crippen molar-refractivity contribution in [2.75, 3.05) is 35.9 Å². The molecule has 1 aliphatic rings. The second-order valence-electron chi connectivity index (χ2n) is 5.98. The molecule has 0 aromatic heterocycles. The van der Waals surface area contributed by atoms with Gasteiger partial charge in [0.2, 0.25) is 0 Å². The maximum atomic E-state index is 12.7. The van der Waals surface area contributed by atoms with E-state index in [1.165, 1.54) is 12.1 Å². The molecule has 1 aliphatic heterocycles. The van der Waals surface area contributed by atoms with Crippen LogP contribution in [0.1, 0.15) is 20.3 Å². The van der Waals surface area contributed by atoms with Crippen molar-refractivity contribution in [2.24, 2.45) is 0 Å². The van der Waals surface area contributed by atoms with Crippen molar-refractivity contribution in [1.29, 1.82) is 0 Å². The molecular weight excluding hydrogens is 352 g/mol. The van der Waals surface area contributed by atoms with Crippen LogP contribution in [-0.4, -0.2) is 34.7 Å². The molecule has 6 nitrogen and oxygen atoms in total. The number of nitrogens with zero attached hydrogens (tertiary/aromatic N) is 1. The Kier molecular flexibility index (Phi) is 5.56. The molecule has 3 rings (SSSR count). The van der Waals surface area contributed by atoms with E-state index in [-0.39, 0.29) is 4.90 Å². The van der Waals surface area contributed by atoms with Crippen LogP contribution in [0.2, 0.25) is 0 Å². The maximum Gasteiger partial charge on any atom is 0.262 e. The summed E-state index contributed by atoms with van der Waals surface area (Å²) in [6, 6.07) is 12.0.